The molecule has 1 rings (SSSR count). The van der Waals surface area contributed by atoms with E-state index in [9.17, 15) is 4.79 Å². The van der Waals surface area contributed by atoms with Crippen molar-refractivity contribution in [1.82, 2.24) is 10.2 Å². The molecule has 0 aromatic heterocycles. The lowest BCUT2D eigenvalue weighted by atomic mass is 10.3. The first-order valence-electron chi connectivity index (χ1n) is 4.53. The normalized spacial score (nSPS) is 21.5. The van der Waals surface area contributed by atoms with Crippen molar-refractivity contribution >= 4 is 6.03 Å². The van der Waals surface area contributed by atoms with E-state index in [2.05, 4.69) is 5.32 Å². The van der Waals surface area contributed by atoms with E-state index in [0.29, 0.717) is 19.7 Å². The molecule has 1 saturated heterocycles. The van der Waals surface area contributed by atoms with Crippen LogP contribution in [0.15, 0.2) is 0 Å². The molecule has 1 unspecified atom stereocenters. The maximum Gasteiger partial charge on any atom is 0.317 e. The third kappa shape index (κ3) is 3.20. The fourth-order valence-electron chi connectivity index (χ4n) is 1.23. The Morgan fingerprint density at radius 2 is 2.54 bits per heavy atom. The molecule has 0 aliphatic carbocycles. The molecule has 1 fully saturated rings. The third-order valence-electron chi connectivity index (χ3n) is 2.07. The molecule has 2 amide bonds. The predicted molar refractivity (Wildman–Crippen MR) is 49.4 cm³/mol. The quantitative estimate of drug-likeness (QED) is 0.618. The summed E-state index contributed by atoms with van der Waals surface area (Å²) in [5.74, 6) is 0. The van der Waals surface area contributed by atoms with Gasteiger partial charge in [0.25, 0.3) is 0 Å². The van der Waals surface area contributed by atoms with Crippen molar-refractivity contribution in [3.63, 3.8) is 0 Å². The van der Waals surface area contributed by atoms with Gasteiger partial charge in [-0.25, -0.2) is 4.79 Å². The zero-order valence-corrected chi connectivity index (χ0v) is 7.95. The molecule has 1 aliphatic rings. The van der Waals surface area contributed by atoms with Gasteiger partial charge in [-0.2, -0.15) is 0 Å². The van der Waals surface area contributed by atoms with Crippen LogP contribution in [0.3, 0.4) is 0 Å². The van der Waals surface area contributed by atoms with Gasteiger partial charge in [-0.05, 0) is 6.42 Å². The van der Waals surface area contributed by atoms with E-state index < -0.39 is 0 Å². The van der Waals surface area contributed by atoms with Crippen LogP contribution in [0.2, 0.25) is 0 Å². The zero-order chi connectivity index (χ0) is 9.68. The second kappa shape index (κ2) is 5.04. The fraction of sp³-hybridized carbons (Fsp3) is 0.875. The molecule has 0 bridgehead atoms. The Balaban J connectivity index is 2.22. The van der Waals surface area contributed by atoms with Crippen molar-refractivity contribution in [1.29, 1.82) is 0 Å². The van der Waals surface area contributed by atoms with Crippen LogP contribution in [0.4, 0.5) is 4.79 Å². The summed E-state index contributed by atoms with van der Waals surface area (Å²) < 4.78 is 5.14. The van der Waals surface area contributed by atoms with E-state index in [-0.39, 0.29) is 12.1 Å². The van der Waals surface area contributed by atoms with E-state index in [1.807, 2.05) is 0 Å². The summed E-state index contributed by atoms with van der Waals surface area (Å²) in [7, 11) is 1.73. The predicted octanol–water partition coefficient (Wildman–Crippen LogP) is -0.625. The molecule has 5 heteroatoms. The molecule has 0 aromatic rings. The first-order chi connectivity index (χ1) is 6.24. The van der Waals surface area contributed by atoms with Crippen LogP contribution in [-0.4, -0.2) is 50.3 Å². The second-order valence-electron chi connectivity index (χ2n) is 3.22. The molecule has 0 aromatic carbocycles. The first-order valence-corrected chi connectivity index (χ1v) is 4.53. The summed E-state index contributed by atoms with van der Waals surface area (Å²) in [5, 5.41) is 2.87. The number of nitrogens with two attached hydrogens (primary N) is 1. The molecule has 76 valence electrons. The summed E-state index contributed by atoms with van der Waals surface area (Å²) in [6.45, 7) is 2.44. The fourth-order valence-corrected chi connectivity index (χ4v) is 1.23. The van der Waals surface area contributed by atoms with E-state index in [1.54, 1.807) is 11.9 Å². The summed E-state index contributed by atoms with van der Waals surface area (Å²) in [6.07, 6.45) is 0.905. The summed E-state index contributed by atoms with van der Waals surface area (Å²) in [5.41, 5.74) is 5.33. The Bertz CT molecular complexity index is 169. The summed E-state index contributed by atoms with van der Waals surface area (Å²) in [4.78, 5) is 13.0. The van der Waals surface area contributed by atoms with Crippen molar-refractivity contribution in [3.05, 3.63) is 0 Å². The van der Waals surface area contributed by atoms with Crippen LogP contribution in [-0.2, 0) is 4.74 Å². The highest BCUT2D eigenvalue weighted by atomic mass is 16.5. The number of amides is 2. The van der Waals surface area contributed by atoms with Gasteiger partial charge in [-0.1, -0.05) is 0 Å². The summed E-state index contributed by atoms with van der Waals surface area (Å²) in [6, 6.07) is 0.105. The van der Waals surface area contributed by atoms with E-state index in [4.69, 9.17) is 10.5 Å². The minimum Gasteiger partial charge on any atom is -0.379 e. The lowest BCUT2D eigenvalue weighted by Crippen LogP contribution is -2.44. The molecule has 0 radical (unpaired) electrons. The van der Waals surface area contributed by atoms with Gasteiger partial charge >= 0.3 is 6.03 Å². The molecule has 0 spiro atoms. The molecule has 13 heavy (non-hydrogen) atoms. The number of hydrogen-bond acceptors (Lipinski definition) is 3. The van der Waals surface area contributed by atoms with Gasteiger partial charge in [0.15, 0.2) is 0 Å². The Hall–Kier alpha value is -0.810. The highest BCUT2D eigenvalue weighted by Crippen LogP contribution is 2.03. The standard InChI is InChI=1S/C8H17N3O2/c1-11(4-3-9)8(12)10-7-2-5-13-6-7/h7H,2-6,9H2,1H3,(H,10,12). The van der Waals surface area contributed by atoms with E-state index in [0.717, 1.165) is 13.0 Å². The largest absolute Gasteiger partial charge is 0.379 e. The van der Waals surface area contributed by atoms with Crippen molar-refractivity contribution < 1.29 is 9.53 Å². The SMILES string of the molecule is CN(CCN)C(=O)NC1CCOC1. The number of carbonyl (C=O) groups is 1. The van der Waals surface area contributed by atoms with Gasteiger partial charge in [0.2, 0.25) is 0 Å². The highest BCUT2D eigenvalue weighted by molar-refractivity contribution is 5.74. The lowest BCUT2D eigenvalue weighted by Gasteiger charge is -2.19. The van der Waals surface area contributed by atoms with E-state index in [1.165, 1.54) is 0 Å². The average Bonchev–Trinajstić information content (AvgIpc) is 2.57. The van der Waals surface area contributed by atoms with Crippen molar-refractivity contribution in [3.8, 4) is 0 Å². The number of nitrogens with zero attached hydrogens (tertiary/aromatic N) is 1. The Labute approximate surface area is 78.2 Å². The number of carbonyl (C=O) groups excluding carboxylic acids is 1. The molecular weight excluding hydrogens is 170 g/mol. The average molecular weight is 187 g/mol. The number of hydrogen-bond donors (Lipinski definition) is 2. The topological polar surface area (TPSA) is 67.6 Å². The molecular formula is C8H17N3O2. The minimum absolute atomic E-state index is 0.0686. The highest BCUT2D eigenvalue weighted by Gasteiger charge is 2.18. The number of rotatable bonds is 3. The minimum atomic E-state index is -0.0686. The van der Waals surface area contributed by atoms with Gasteiger partial charge in [0, 0.05) is 26.7 Å². The van der Waals surface area contributed by atoms with Crippen LogP contribution in [0.25, 0.3) is 0 Å². The Morgan fingerprint density at radius 3 is 3.08 bits per heavy atom. The van der Waals surface area contributed by atoms with Crippen LogP contribution < -0.4 is 11.1 Å². The number of nitrogens with one attached hydrogen (secondary N) is 1. The van der Waals surface area contributed by atoms with E-state index >= 15 is 0 Å². The molecule has 1 aliphatic heterocycles. The van der Waals surface area contributed by atoms with Crippen molar-refractivity contribution in [2.24, 2.45) is 5.73 Å². The van der Waals surface area contributed by atoms with Crippen LogP contribution in [0.1, 0.15) is 6.42 Å². The Kier molecular flexibility index (Phi) is 3.98. The molecule has 3 N–H and O–H groups in total. The van der Waals surface area contributed by atoms with Gasteiger partial charge in [0.05, 0.1) is 12.6 Å². The molecule has 1 heterocycles. The molecule has 0 saturated carbocycles. The third-order valence-corrected chi connectivity index (χ3v) is 2.07. The van der Waals surface area contributed by atoms with Gasteiger partial charge in [-0.15, -0.1) is 0 Å². The smallest absolute Gasteiger partial charge is 0.317 e. The van der Waals surface area contributed by atoms with Gasteiger partial charge in [-0.3, -0.25) is 0 Å². The van der Waals surface area contributed by atoms with Crippen molar-refractivity contribution in [2.75, 3.05) is 33.4 Å². The summed E-state index contributed by atoms with van der Waals surface area (Å²) >= 11 is 0. The zero-order valence-electron chi connectivity index (χ0n) is 7.95. The second-order valence-corrected chi connectivity index (χ2v) is 3.22. The van der Waals surface area contributed by atoms with Gasteiger partial charge in [0.1, 0.15) is 0 Å². The number of likely N-dealkylation sites (N-methyl/N-ethyl adjacent to an activating group) is 1. The first kappa shape index (κ1) is 10.3. The number of urea groups is 1. The molecule has 5 nitrogen and oxygen atoms in total. The van der Waals surface area contributed by atoms with Crippen LogP contribution in [0, 0.1) is 0 Å². The van der Waals surface area contributed by atoms with Crippen molar-refractivity contribution in [2.45, 2.75) is 12.5 Å². The van der Waals surface area contributed by atoms with Crippen LogP contribution in [0.5, 0.6) is 0 Å². The maximum atomic E-state index is 11.4. The Morgan fingerprint density at radius 1 is 1.77 bits per heavy atom. The van der Waals surface area contributed by atoms with Gasteiger partial charge < -0.3 is 20.7 Å². The lowest BCUT2D eigenvalue weighted by molar-refractivity contribution is 0.182. The molecule has 1 atom stereocenters. The monoisotopic (exact) mass is 187 g/mol. The maximum absolute atomic E-state index is 11.4. The number of ether oxygens (including phenoxy) is 1. The van der Waals surface area contributed by atoms with Crippen LogP contribution >= 0.6 is 0 Å².